The number of rotatable bonds is 6. The van der Waals surface area contributed by atoms with Gasteiger partial charge in [-0.15, -0.1) is 10.2 Å². The molecule has 0 radical (unpaired) electrons. The van der Waals surface area contributed by atoms with Crippen molar-refractivity contribution in [2.75, 3.05) is 16.4 Å². The van der Waals surface area contributed by atoms with Crippen molar-refractivity contribution in [1.29, 1.82) is 0 Å². The van der Waals surface area contributed by atoms with E-state index in [0.29, 0.717) is 22.0 Å². The Morgan fingerprint density at radius 2 is 1.87 bits per heavy atom. The highest BCUT2D eigenvalue weighted by atomic mass is 35.5. The van der Waals surface area contributed by atoms with E-state index < -0.39 is 5.56 Å². The van der Waals surface area contributed by atoms with Gasteiger partial charge in [-0.05, 0) is 24.6 Å². The Hall–Kier alpha value is -3.17. The molecule has 3 aromatic rings. The van der Waals surface area contributed by atoms with E-state index >= 15 is 0 Å². The zero-order chi connectivity index (χ0) is 21.7. The monoisotopic (exact) mass is 443 g/mol. The first-order valence-corrected chi connectivity index (χ1v) is 10.2. The largest absolute Gasteiger partial charge is 0.325 e. The molecule has 0 fully saturated rings. The molecule has 0 aliphatic rings. The molecule has 30 heavy (non-hydrogen) atoms. The fraction of sp³-hybridized carbons (Fsp3) is 0.150. The number of halogens is 1. The van der Waals surface area contributed by atoms with Crippen molar-refractivity contribution in [3.05, 3.63) is 63.4 Å². The van der Waals surface area contributed by atoms with Gasteiger partial charge in [-0.3, -0.25) is 19.4 Å². The maximum atomic E-state index is 12.6. The fourth-order valence-corrected chi connectivity index (χ4v) is 3.44. The molecule has 8 nitrogen and oxygen atoms in total. The molecule has 0 atom stereocenters. The van der Waals surface area contributed by atoms with Crippen LogP contribution in [-0.4, -0.2) is 32.7 Å². The number of aromatic amines is 1. The molecule has 0 saturated heterocycles. The van der Waals surface area contributed by atoms with E-state index in [4.69, 9.17) is 11.6 Å². The number of carbonyl (C=O) groups excluding carboxylic acids is 2. The van der Waals surface area contributed by atoms with E-state index in [9.17, 15) is 14.4 Å². The van der Waals surface area contributed by atoms with E-state index in [1.165, 1.54) is 6.92 Å². The molecule has 0 unspecified atom stereocenters. The number of amides is 2. The van der Waals surface area contributed by atoms with Crippen LogP contribution < -0.4 is 16.2 Å². The summed E-state index contributed by atoms with van der Waals surface area (Å²) in [6, 6.07) is 12.2. The molecule has 1 heterocycles. The second-order valence-electron chi connectivity index (χ2n) is 6.30. The van der Waals surface area contributed by atoms with Crippen molar-refractivity contribution in [3.8, 4) is 11.3 Å². The van der Waals surface area contributed by atoms with E-state index in [1.54, 1.807) is 36.4 Å². The molecule has 2 amide bonds. The van der Waals surface area contributed by atoms with Crippen LogP contribution in [0, 0.1) is 6.92 Å². The molecule has 0 bridgehead atoms. The van der Waals surface area contributed by atoms with Crippen molar-refractivity contribution in [1.82, 2.24) is 15.2 Å². The van der Waals surface area contributed by atoms with Gasteiger partial charge in [0.1, 0.15) is 0 Å². The summed E-state index contributed by atoms with van der Waals surface area (Å²) in [6.07, 6.45) is 0. The number of thioether (sulfide) groups is 1. The molecule has 0 aliphatic carbocycles. The Morgan fingerprint density at radius 3 is 2.57 bits per heavy atom. The molecule has 154 valence electrons. The lowest BCUT2D eigenvalue weighted by Crippen LogP contribution is -2.18. The van der Waals surface area contributed by atoms with Gasteiger partial charge in [0.2, 0.25) is 11.8 Å². The van der Waals surface area contributed by atoms with Crippen LogP contribution in [0.3, 0.4) is 0 Å². The Kier molecular flexibility index (Phi) is 6.86. The predicted molar refractivity (Wildman–Crippen MR) is 118 cm³/mol. The summed E-state index contributed by atoms with van der Waals surface area (Å²) >= 11 is 7.06. The number of aryl methyl sites for hydroxylation is 1. The number of H-pyrrole nitrogens is 1. The lowest BCUT2D eigenvalue weighted by atomic mass is 10.1. The lowest BCUT2D eigenvalue weighted by Gasteiger charge is -2.12. The van der Waals surface area contributed by atoms with Crippen LogP contribution in [0.4, 0.5) is 11.4 Å². The number of para-hydroxylation sites is 2. The topological polar surface area (TPSA) is 117 Å². The number of aromatic nitrogens is 3. The molecule has 2 aromatic carbocycles. The third-order valence-corrected chi connectivity index (χ3v) is 5.19. The fourth-order valence-electron chi connectivity index (χ4n) is 2.65. The van der Waals surface area contributed by atoms with Gasteiger partial charge < -0.3 is 10.6 Å². The Bertz CT molecular complexity index is 1170. The maximum Gasteiger partial charge on any atom is 0.278 e. The SMILES string of the molecule is CC(=O)Nc1c(C)cccc1-c1nnc(SCC(=O)Nc2ccccc2Cl)[nH]c1=O. The van der Waals surface area contributed by atoms with Crippen molar-refractivity contribution in [3.63, 3.8) is 0 Å². The third kappa shape index (κ3) is 5.25. The van der Waals surface area contributed by atoms with E-state index in [1.807, 2.05) is 13.0 Å². The summed E-state index contributed by atoms with van der Waals surface area (Å²) in [6.45, 7) is 3.21. The summed E-state index contributed by atoms with van der Waals surface area (Å²) in [4.78, 5) is 38.8. The van der Waals surface area contributed by atoms with Gasteiger partial charge in [0.25, 0.3) is 5.56 Å². The van der Waals surface area contributed by atoms with Crippen molar-refractivity contribution < 1.29 is 9.59 Å². The predicted octanol–water partition coefficient (Wildman–Crippen LogP) is 3.48. The number of anilines is 2. The molecule has 3 N–H and O–H groups in total. The minimum absolute atomic E-state index is 0.0107. The normalized spacial score (nSPS) is 10.5. The molecule has 10 heteroatoms. The highest BCUT2D eigenvalue weighted by molar-refractivity contribution is 7.99. The Morgan fingerprint density at radius 1 is 1.10 bits per heavy atom. The summed E-state index contributed by atoms with van der Waals surface area (Å²) in [5.74, 6) is -0.547. The van der Waals surface area contributed by atoms with Crippen LogP contribution in [0.15, 0.2) is 52.4 Å². The van der Waals surface area contributed by atoms with E-state index in [2.05, 4.69) is 25.8 Å². The van der Waals surface area contributed by atoms with Crippen LogP contribution in [0.25, 0.3) is 11.3 Å². The van der Waals surface area contributed by atoms with Crippen LogP contribution >= 0.6 is 23.4 Å². The zero-order valence-corrected chi connectivity index (χ0v) is 17.7. The highest BCUT2D eigenvalue weighted by Crippen LogP contribution is 2.28. The number of nitrogens with zero attached hydrogens (tertiary/aromatic N) is 2. The number of benzene rings is 2. The smallest absolute Gasteiger partial charge is 0.278 e. The third-order valence-electron chi connectivity index (χ3n) is 3.99. The molecular formula is C20H18ClN5O3S. The van der Waals surface area contributed by atoms with Crippen molar-refractivity contribution in [2.24, 2.45) is 0 Å². The minimum Gasteiger partial charge on any atom is -0.325 e. The first kappa shape index (κ1) is 21.5. The average Bonchev–Trinajstić information content (AvgIpc) is 2.70. The molecule has 0 spiro atoms. The quantitative estimate of drug-likeness (QED) is 0.502. The van der Waals surface area contributed by atoms with E-state index in [-0.39, 0.29) is 28.4 Å². The summed E-state index contributed by atoms with van der Waals surface area (Å²) in [5, 5.41) is 14.1. The number of hydrogen-bond acceptors (Lipinski definition) is 6. The van der Waals surface area contributed by atoms with Crippen LogP contribution in [0.2, 0.25) is 5.02 Å². The second-order valence-corrected chi connectivity index (χ2v) is 7.67. The zero-order valence-electron chi connectivity index (χ0n) is 16.2. The van der Waals surface area contributed by atoms with Gasteiger partial charge in [0, 0.05) is 12.5 Å². The molecule has 0 saturated carbocycles. The summed E-state index contributed by atoms with van der Waals surface area (Å²) < 4.78 is 0. The van der Waals surface area contributed by atoms with Crippen molar-refractivity contribution >= 4 is 46.6 Å². The average molecular weight is 444 g/mol. The van der Waals surface area contributed by atoms with Gasteiger partial charge in [-0.2, -0.15) is 0 Å². The van der Waals surface area contributed by atoms with Gasteiger partial charge >= 0.3 is 0 Å². The number of nitrogens with one attached hydrogen (secondary N) is 3. The Labute approximate surface area is 181 Å². The summed E-state index contributed by atoms with van der Waals surface area (Å²) in [7, 11) is 0. The van der Waals surface area contributed by atoms with Gasteiger partial charge in [-0.25, -0.2) is 0 Å². The van der Waals surface area contributed by atoms with Gasteiger partial charge in [0.15, 0.2) is 10.9 Å². The molecule has 3 rings (SSSR count). The Balaban J connectivity index is 1.74. The lowest BCUT2D eigenvalue weighted by molar-refractivity contribution is -0.114. The molecular weight excluding hydrogens is 426 g/mol. The van der Waals surface area contributed by atoms with Crippen LogP contribution in [-0.2, 0) is 9.59 Å². The van der Waals surface area contributed by atoms with Gasteiger partial charge in [0.05, 0.1) is 22.2 Å². The van der Waals surface area contributed by atoms with E-state index in [0.717, 1.165) is 17.3 Å². The highest BCUT2D eigenvalue weighted by Gasteiger charge is 2.15. The second kappa shape index (κ2) is 9.55. The molecule has 1 aromatic heterocycles. The first-order chi connectivity index (χ1) is 14.3. The van der Waals surface area contributed by atoms with Gasteiger partial charge in [-0.1, -0.05) is 53.7 Å². The molecule has 0 aliphatic heterocycles. The number of hydrogen-bond donors (Lipinski definition) is 3. The maximum absolute atomic E-state index is 12.6. The first-order valence-electron chi connectivity index (χ1n) is 8.87. The number of carbonyl (C=O) groups is 2. The van der Waals surface area contributed by atoms with Crippen LogP contribution in [0.1, 0.15) is 12.5 Å². The van der Waals surface area contributed by atoms with Crippen LogP contribution in [0.5, 0.6) is 0 Å². The standard InChI is InChI=1S/C20H18ClN5O3S/c1-11-6-5-7-13(17(11)22-12(2)27)18-19(29)24-20(26-25-18)30-10-16(28)23-15-9-4-3-8-14(15)21/h3-9H,10H2,1-2H3,(H,22,27)(H,23,28)(H,24,26,29). The minimum atomic E-state index is -0.476. The summed E-state index contributed by atoms with van der Waals surface area (Å²) in [5.41, 5.74) is 1.86. The van der Waals surface area contributed by atoms with Crippen molar-refractivity contribution in [2.45, 2.75) is 19.0 Å².